The van der Waals surface area contributed by atoms with Crippen molar-refractivity contribution in [3.05, 3.63) is 48.4 Å². The van der Waals surface area contributed by atoms with Crippen molar-refractivity contribution in [1.82, 2.24) is 9.97 Å². The van der Waals surface area contributed by atoms with Gasteiger partial charge in [-0.15, -0.1) is 11.8 Å². The van der Waals surface area contributed by atoms with E-state index in [1.54, 1.807) is 24.7 Å². The summed E-state index contributed by atoms with van der Waals surface area (Å²) in [5, 5.41) is 17.7. The van der Waals surface area contributed by atoms with Gasteiger partial charge < -0.3 is 10.5 Å². The first-order valence-electron chi connectivity index (χ1n) is 8.37. The number of aliphatic imine (C=N–C) groups is 1. The highest BCUT2D eigenvalue weighted by atomic mass is 32.2. The number of aliphatic hydroxyl groups is 1. The van der Waals surface area contributed by atoms with E-state index in [0.29, 0.717) is 29.2 Å². The fraction of sp³-hybridized carbons (Fsp3) is 0.316. The first kappa shape index (κ1) is 19.9. The Morgan fingerprint density at radius 3 is 2.88 bits per heavy atom. The molecule has 0 bridgehead atoms. The van der Waals surface area contributed by atoms with E-state index < -0.39 is 0 Å². The molecule has 0 saturated carbocycles. The zero-order chi connectivity index (χ0) is 18.8. The van der Waals surface area contributed by atoms with Crippen LogP contribution in [-0.2, 0) is 4.79 Å². The van der Waals surface area contributed by atoms with Crippen LogP contribution in [0.2, 0.25) is 0 Å². The monoisotopic (exact) mass is 370 g/mol. The smallest absolute Gasteiger partial charge is 0.133 e. The summed E-state index contributed by atoms with van der Waals surface area (Å²) in [6.45, 7) is 1.73. The lowest BCUT2D eigenvalue weighted by molar-refractivity contribution is -0.118. The second kappa shape index (κ2) is 10.6. The molecule has 2 aromatic heterocycles. The van der Waals surface area contributed by atoms with Gasteiger partial charge in [0.25, 0.3) is 0 Å². The molecular weight excluding hydrogens is 348 g/mol. The van der Waals surface area contributed by atoms with Gasteiger partial charge in [0.2, 0.25) is 0 Å². The molecule has 0 saturated heterocycles. The number of rotatable bonds is 10. The minimum Gasteiger partial charge on any atom is -0.395 e. The van der Waals surface area contributed by atoms with Crippen LogP contribution in [0.25, 0.3) is 0 Å². The van der Waals surface area contributed by atoms with Crippen molar-refractivity contribution < 1.29 is 9.90 Å². The molecule has 0 aliphatic carbocycles. The van der Waals surface area contributed by atoms with Crippen LogP contribution in [0, 0.1) is 5.41 Å². The van der Waals surface area contributed by atoms with E-state index >= 15 is 0 Å². The maximum Gasteiger partial charge on any atom is 0.133 e. The summed E-state index contributed by atoms with van der Waals surface area (Å²) in [6.07, 6.45) is 7.04. The number of hydrogen-bond donors (Lipinski definition) is 2. The summed E-state index contributed by atoms with van der Waals surface area (Å²) < 4.78 is 0. The van der Waals surface area contributed by atoms with Gasteiger partial charge in [-0.3, -0.25) is 14.8 Å². The molecule has 0 spiro atoms. The number of thioether (sulfide) groups is 1. The molecule has 0 radical (unpaired) electrons. The predicted molar refractivity (Wildman–Crippen MR) is 105 cm³/mol. The number of aliphatic hydroxyl groups excluding tert-OH is 1. The van der Waals surface area contributed by atoms with E-state index in [0.717, 1.165) is 0 Å². The van der Waals surface area contributed by atoms with Gasteiger partial charge in [0.1, 0.15) is 5.78 Å². The highest BCUT2D eigenvalue weighted by molar-refractivity contribution is 7.99. The third-order valence-corrected chi connectivity index (χ3v) is 4.75. The van der Waals surface area contributed by atoms with E-state index in [4.69, 9.17) is 5.41 Å². The number of nitrogens with zero attached hydrogens (tertiary/aromatic N) is 3. The summed E-state index contributed by atoms with van der Waals surface area (Å²) in [5.74, 6) is -0.241. The van der Waals surface area contributed by atoms with Crippen LogP contribution in [0.5, 0.6) is 0 Å². The van der Waals surface area contributed by atoms with Crippen molar-refractivity contribution in [3.8, 4) is 0 Å². The van der Waals surface area contributed by atoms with Crippen LogP contribution in [0.1, 0.15) is 31.4 Å². The van der Waals surface area contributed by atoms with Crippen molar-refractivity contribution in [1.29, 1.82) is 5.41 Å². The quantitative estimate of drug-likeness (QED) is 0.493. The predicted octanol–water partition coefficient (Wildman–Crippen LogP) is 3.43. The lowest BCUT2D eigenvalue weighted by Gasteiger charge is -2.13. The van der Waals surface area contributed by atoms with Crippen molar-refractivity contribution in [2.75, 3.05) is 6.61 Å². The molecule has 2 heterocycles. The maximum absolute atomic E-state index is 11.6. The van der Waals surface area contributed by atoms with Gasteiger partial charge in [0.15, 0.2) is 0 Å². The second-order valence-electron chi connectivity index (χ2n) is 5.60. The maximum atomic E-state index is 11.6. The molecule has 2 aromatic rings. The molecule has 0 aromatic carbocycles. The zero-order valence-electron chi connectivity index (χ0n) is 14.6. The van der Waals surface area contributed by atoms with Gasteiger partial charge in [-0.1, -0.05) is 13.0 Å². The number of carbonyl (C=O) groups is 1. The van der Waals surface area contributed by atoms with Gasteiger partial charge in [0.05, 0.1) is 35.1 Å². The first-order chi connectivity index (χ1) is 12.7. The molecule has 0 amide bonds. The molecule has 136 valence electrons. The fourth-order valence-electron chi connectivity index (χ4n) is 2.20. The molecule has 0 fully saturated rings. The number of pyridine rings is 2. The van der Waals surface area contributed by atoms with Crippen LogP contribution in [0.15, 0.2) is 52.7 Å². The van der Waals surface area contributed by atoms with Crippen LogP contribution in [0.3, 0.4) is 0 Å². The topological polar surface area (TPSA) is 99.3 Å². The number of Topliss-reactive ketones (excluding diaryl/α,β-unsaturated/α-hetero) is 1. The van der Waals surface area contributed by atoms with E-state index in [1.807, 2.05) is 31.2 Å². The van der Waals surface area contributed by atoms with E-state index in [9.17, 15) is 9.90 Å². The van der Waals surface area contributed by atoms with E-state index in [1.165, 1.54) is 18.0 Å². The SMILES string of the molecule is CCC(=O)CC(CO)Sc1cccc(C(C=N)C=Nc2cccnc2)n1. The van der Waals surface area contributed by atoms with Gasteiger partial charge in [-0.05, 0) is 24.3 Å². The van der Waals surface area contributed by atoms with Gasteiger partial charge in [0, 0.05) is 36.7 Å². The summed E-state index contributed by atoms with van der Waals surface area (Å²) in [7, 11) is 0. The third kappa shape index (κ3) is 6.16. The van der Waals surface area contributed by atoms with Gasteiger partial charge in [-0.25, -0.2) is 4.98 Å². The molecule has 6 nitrogen and oxygen atoms in total. The van der Waals surface area contributed by atoms with Gasteiger partial charge >= 0.3 is 0 Å². The number of hydrogen-bond acceptors (Lipinski definition) is 7. The number of carbonyl (C=O) groups excluding carboxylic acids is 1. The zero-order valence-corrected chi connectivity index (χ0v) is 15.4. The summed E-state index contributed by atoms with van der Waals surface area (Å²) in [6, 6.07) is 9.16. The Labute approximate surface area is 157 Å². The Balaban J connectivity index is 2.11. The second-order valence-corrected chi connectivity index (χ2v) is 6.92. The molecule has 2 atom stereocenters. The third-order valence-electron chi connectivity index (χ3n) is 3.64. The molecular formula is C19H22N4O2S. The molecule has 2 N–H and O–H groups in total. The molecule has 7 heteroatoms. The Morgan fingerprint density at radius 1 is 1.38 bits per heavy atom. The van der Waals surface area contributed by atoms with Crippen molar-refractivity contribution in [3.63, 3.8) is 0 Å². The highest BCUT2D eigenvalue weighted by Crippen LogP contribution is 2.25. The van der Waals surface area contributed by atoms with Crippen molar-refractivity contribution in [2.24, 2.45) is 4.99 Å². The highest BCUT2D eigenvalue weighted by Gasteiger charge is 2.15. The average molecular weight is 370 g/mol. The largest absolute Gasteiger partial charge is 0.395 e. The Kier molecular flexibility index (Phi) is 8.11. The van der Waals surface area contributed by atoms with Crippen LogP contribution < -0.4 is 0 Å². The molecule has 26 heavy (non-hydrogen) atoms. The normalized spacial score (nSPS) is 13.5. The average Bonchev–Trinajstić information content (AvgIpc) is 2.69. The van der Waals surface area contributed by atoms with Crippen LogP contribution >= 0.6 is 11.8 Å². The lowest BCUT2D eigenvalue weighted by Crippen LogP contribution is -2.14. The number of nitrogens with one attached hydrogen (secondary N) is 1. The minimum absolute atomic E-state index is 0.0845. The lowest BCUT2D eigenvalue weighted by atomic mass is 10.1. The number of aromatic nitrogens is 2. The molecule has 0 aliphatic rings. The fourth-order valence-corrected chi connectivity index (χ4v) is 3.20. The summed E-state index contributed by atoms with van der Waals surface area (Å²) >= 11 is 1.38. The molecule has 2 unspecified atom stereocenters. The Morgan fingerprint density at radius 2 is 2.23 bits per heavy atom. The molecule has 2 rings (SSSR count). The summed E-state index contributed by atoms with van der Waals surface area (Å²) in [5.41, 5.74) is 1.40. The van der Waals surface area contributed by atoms with Crippen LogP contribution in [-0.4, -0.2) is 45.1 Å². The summed E-state index contributed by atoms with van der Waals surface area (Å²) in [4.78, 5) is 24.5. The number of ketones is 1. The Hall–Kier alpha value is -2.38. The van der Waals surface area contributed by atoms with E-state index in [-0.39, 0.29) is 23.6 Å². The Bertz CT molecular complexity index is 752. The van der Waals surface area contributed by atoms with Crippen LogP contribution in [0.4, 0.5) is 5.69 Å². The standard InChI is InChI=1S/C19H22N4O2S/c1-2-16(25)9-17(13-24)26-19-7-3-6-18(23-19)14(10-20)11-22-15-5-4-8-21-12-15/h3-8,10-12,14,17,20,24H,2,9,13H2,1H3. The van der Waals surface area contributed by atoms with Gasteiger partial charge in [-0.2, -0.15) is 0 Å². The molecule has 0 aliphatic heterocycles. The minimum atomic E-state index is -0.361. The van der Waals surface area contributed by atoms with Crippen molar-refractivity contribution in [2.45, 2.75) is 36.0 Å². The first-order valence-corrected chi connectivity index (χ1v) is 9.25. The van der Waals surface area contributed by atoms with Crippen molar-refractivity contribution >= 4 is 35.7 Å². The van der Waals surface area contributed by atoms with E-state index in [2.05, 4.69) is 15.0 Å².